The number of aryl methyl sites for hydroxylation is 1. The first-order valence-corrected chi connectivity index (χ1v) is 5.36. The minimum atomic E-state index is 0.240. The molecule has 4 heteroatoms. The Labute approximate surface area is 89.2 Å². The lowest BCUT2D eigenvalue weighted by Crippen LogP contribution is -2.21. The quantitative estimate of drug-likeness (QED) is 0.755. The molecule has 0 amide bonds. The first kappa shape index (κ1) is 10.4. The van der Waals surface area contributed by atoms with Gasteiger partial charge < -0.3 is 4.74 Å². The number of aromatic nitrogens is 2. The van der Waals surface area contributed by atoms with E-state index in [4.69, 9.17) is 4.74 Å². The predicted molar refractivity (Wildman–Crippen MR) is 55.3 cm³/mol. The maximum Gasteiger partial charge on any atom is 0.133 e. The van der Waals surface area contributed by atoms with Crippen LogP contribution in [0.5, 0.6) is 0 Å². The predicted octanol–water partition coefficient (Wildman–Crippen LogP) is 1.45. The number of rotatable bonds is 3. The van der Waals surface area contributed by atoms with Crippen molar-refractivity contribution >= 4 is 5.78 Å². The molecule has 1 fully saturated rings. The van der Waals surface area contributed by atoms with Gasteiger partial charge in [0.15, 0.2) is 0 Å². The van der Waals surface area contributed by atoms with Gasteiger partial charge in [-0.25, -0.2) is 0 Å². The average Bonchev–Trinajstić information content (AvgIpc) is 2.64. The number of ketones is 1. The Bertz CT molecular complexity index is 336. The SMILES string of the molecule is Cn1ccc(COC2CCC(=O)CC2)n1. The van der Waals surface area contributed by atoms with E-state index >= 15 is 0 Å². The van der Waals surface area contributed by atoms with Crippen molar-refractivity contribution in [3.63, 3.8) is 0 Å². The van der Waals surface area contributed by atoms with Crippen LogP contribution in [0, 0.1) is 0 Å². The smallest absolute Gasteiger partial charge is 0.133 e. The second kappa shape index (κ2) is 4.57. The lowest BCUT2D eigenvalue weighted by atomic mass is 9.96. The molecular formula is C11H16N2O2. The second-order valence-electron chi connectivity index (χ2n) is 4.03. The van der Waals surface area contributed by atoms with E-state index in [0.717, 1.165) is 18.5 Å². The largest absolute Gasteiger partial charge is 0.372 e. The molecule has 1 aromatic heterocycles. The van der Waals surface area contributed by atoms with Gasteiger partial charge in [0.2, 0.25) is 0 Å². The van der Waals surface area contributed by atoms with E-state index in [0.29, 0.717) is 25.2 Å². The summed E-state index contributed by atoms with van der Waals surface area (Å²) in [4.78, 5) is 11.0. The lowest BCUT2D eigenvalue weighted by molar-refractivity contribution is -0.123. The van der Waals surface area contributed by atoms with Gasteiger partial charge in [-0.1, -0.05) is 0 Å². The van der Waals surface area contributed by atoms with Crippen molar-refractivity contribution in [3.8, 4) is 0 Å². The molecule has 1 heterocycles. The molecule has 1 aromatic rings. The molecule has 0 spiro atoms. The summed E-state index contributed by atoms with van der Waals surface area (Å²) in [5.41, 5.74) is 0.953. The monoisotopic (exact) mass is 208 g/mol. The molecule has 15 heavy (non-hydrogen) atoms. The van der Waals surface area contributed by atoms with Crippen molar-refractivity contribution in [3.05, 3.63) is 18.0 Å². The number of hydrogen-bond donors (Lipinski definition) is 0. The zero-order valence-corrected chi connectivity index (χ0v) is 8.98. The summed E-state index contributed by atoms with van der Waals surface area (Å²) in [7, 11) is 1.89. The maximum absolute atomic E-state index is 11.0. The Kier molecular flexibility index (Phi) is 3.16. The number of carbonyl (C=O) groups is 1. The minimum Gasteiger partial charge on any atom is -0.372 e. The first-order chi connectivity index (χ1) is 7.24. The third-order valence-electron chi connectivity index (χ3n) is 2.73. The molecule has 0 aromatic carbocycles. The van der Waals surface area contributed by atoms with Crippen LogP contribution in [0.4, 0.5) is 0 Å². The van der Waals surface area contributed by atoms with Crippen LogP contribution in [0.1, 0.15) is 31.4 Å². The van der Waals surface area contributed by atoms with Crippen LogP contribution < -0.4 is 0 Å². The number of ether oxygens (including phenoxy) is 1. The van der Waals surface area contributed by atoms with Crippen LogP contribution in [-0.4, -0.2) is 21.7 Å². The minimum absolute atomic E-state index is 0.240. The fourth-order valence-corrected chi connectivity index (χ4v) is 1.82. The van der Waals surface area contributed by atoms with Crippen molar-refractivity contribution in [2.75, 3.05) is 0 Å². The summed E-state index contributed by atoms with van der Waals surface area (Å²) in [6, 6.07) is 1.95. The van der Waals surface area contributed by atoms with Gasteiger partial charge in [-0.3, -0.25) is 9.48 Å². The van der Waals surface area contributed by atoms with Crippen LogP contribution in [0.25, 0.3) is 0 Å². The summed E-state index contributed by atoms with van der Waals surface area (Å²) >= 11 is 0. The fourth-order valence-electron chi connectivity index (χ4n) is 1.82. The zero-order valence-electron chi connectivity index (χ0n) is 8.98. The molecule has 4 nitrogen and oxygen atoms in total. The highest BCUT2D eigenvalue weighted by Gasteiger charge is 2.19. The van der Waals surface area contributed by atoms with E-state index < -0.39 is 0 Å². The van der Waals surface area contributed by atoms with Gasteiger partial charge in [0, 0.05) is 26.1 Å². The molecule has 0 atom stereocenters. The molecule has 82 valence electrons. The van der Waals surface area contributed by atoms with Gasteiger partial charge in [-0.15, -0.1) is 0 Å². The van der Waals surface area contributed by atoms with Crippen LogP contribution in [0.15, 0.2) is 12.3 Å². The van der Waals surface area contributed by atoms with Gasteiger partial charge in [0.05, 0.1) is 18.4 Å². The van der Waals surface area contributed by atoms with Crippen molar-refractivity contribution in [1.82, 2.24) is 9.78 Å². The van der Waals surface area contributed by atoms with Gasteiger partial charge in [0.1, 0.15) is 5.78 Å². The fraction of sp³-hybridized carbons (Fsp3) is 0.636. The lowest BCUT2D eigenvalue weighted by Gasteiger charge is -2.20. The summed E-state index contributed by atoms with van der Waals surface area (Å²) in [6.45, 7) is 0.555. The second-order valence-corrected chi connectivity index (χ2v) is 4.03. The number of carbonyl (C=O) groups excluding carboxylic acids is 1. The molecule has 0 unspecified atom stereocenters. The molecule has 1 saturated carbocycles. The third-order valence-corrected chi connectivity index (χ3v) is 2.73. The molecule has 0 saturated heterocycles. The van der Waals surface area contributed by atoms with E-state index in [1.54, 1.807) is 4.68 Å². The highest BCUT2D eigenvalue weighted by atomic mass is 16.5. The van der Waals surface area contributed by atoms with Crippen LogP contribution >= 0.6 is 0 Å². The van der Waals surface area contributed by atoms with Crippen molar-refractivity contribution in [1.29, 1.82) is 0 Å². The van der Waals surface area contributed by atoms with E-state index in [2.05, 4.69) is 5.10 Å². The third kappa shape index (κ3) is 2.89. The van der Waals surface area contributed by atoms with Gasteiger partial charge in [0.25, 0.3) is 0 Å². The normalized spacial score (nSPS) is 18.3. The first-order valence-electron chi connectivity index (χ1n) is 5.36. The summed E-state index contributed by atoms with van der Waals surface area (Å²) in [5.74, 6) is 0.368. The standard InChI is InChI=1S/C11H16N2O2/c1-13-7-6-9(12-13)8-15-11-4-2-10(14)3-5-11/h6-7,11H,2-5,8H2,1H3. The highest BCUT2D eigenvalue weighted by molar-refractivity contribution is 5.79. The van der Waals surface area contributed by atoms with Gasteiger partial charge in [-0.05, 0) is 18.9 Å². The maximum atomic E-state index is 11.0. The van der Waals surface area contributed by atoms with E-state index in [1.165, 1.54) is 0 Å². The van der Waals surface area contributed by atoms with Crippen molar-refractivity contribution in [2.45, 2.75) is 38.4 Å². The summed E-state index contributed by atoms with van der Waals surface area (Å²) in [5, 5.41) is 4.23. The summed E-state index contributed by atoms with van der Waals surface area (Å²) in [6.07, 6.45) is 5.23. The molecule has 1 aliphatic carbocycles. The van der Waals surface area contributed by atoms with E-state index in [1.807, 2.05) is 19.3 Å². The molecule has 0 N–H and O–H groups in total. The van der Waals surface area contributed by atoms with Crippen molar-refractivity contribution < 1.29 is 9.53 Å². The van der Waals surface area contributed by atoms with Crippen LogP contribution in [-0.2, 0) is 23.2 Å². The number of Topliss-reactive ketones (excluding diaryl/α,β-unsaturated/α-hetero) is 1. The molecule has 2 rings (SSSR count). The van der Waals surface area contributed by atoms with Crippen LogP contribution in [0.2, 0.25) is 0 Å². The molecule has 0 radical (unpaired) electrons. The van der Waals surface area contributed by atoms with Gasteiger partial charge >= 0.3 is 0 Å². The van der Waals surface area contributed by atoms with Gasteiger partial charge in [-0.2, -0.15) is 5.10 Å². The number of hydrogen-bond acceptors (Lipinski definition) is 3. The molecule has 1 aliphatic rings. The topological polar surface area (TPSA) is 44.1 Å². The highest BCUT2D eigenvalue weighted by Crippen LogP contribution is 2.18. The molecule has 0 bridgehead atoms. The Balaban J connectivity index is 1.76. The summed E-state index contributed by atoms with van der Waals surface area (Å²) < 4.78 is 7.47. The Morgan fingerprint density at radius 2 is 2.27 bits per heavy atom. The Morgan fingerprint density at radius 3 is 2.87 bits per heavy atom. The Hall–Kier alpha value is -1.16. The Morgan fingerprint density at radius 1 is 1.53 bits per heavy atom. The van der Waals surface area contributed by atoms with E-state index in [9.17, 15) is 4.79 Å². The number of nitrogens with zero attached hydrogens (tertiary/aromatic N) is 2. The van der Waals surface area contributed by atoms with Crippen molar-refractivity contribution in [2.24, 2.45) is 7.05 Å². The van der Waals surface area contributed by atoms with Crippen LogP contribution in [0.3, 0.4) is 0 Å². The molecule has 0 aliphatic heterocycles. The van der Waals surface area contributed by atoms with E-state index in [-0.39, 0.29) is 6.10 Å². The molecular weight excluding hydrogens is 192 g/mol. The average molecular weight is 208 g/mol. The zero-order chi connectivity index (χ0) is 10.7.